The molecule has 43 heavy (non-hydrogen) atoms. The summed E-state index contributed by atoms with van der Waals surface area (Å²) in [7, 11) is 1.81. The number of fused-ring (bicyclic) bond motifs is 1. The highest BCUT2D eigenvalue weighted by Crippen LogP contribution is 2.43. The zero-order valence-electron chi connectivity index (χ0n) is 23.5. The Morgan fingerprint density at radius 3 is 2.65 bits per heavy atom. The predicted molar refractivity (Wildman–Crippen MR) is 151 cm³/mol. The predicted octanol–water partition coefficient (Wildman–Crippen LogP) is 4.43. The molecule has 2 saturated heterocycles. The molecule has 1 amide bonds. The highest BCUT2D eigenvalue weighted by Gasteiger charge is 2.49. The minimum atomic E-state index is -4.50. The van der Waals surface area contributed by atoms with Crippen LogP contribution in [-0.4, -0.2) is 61.7 Å². The van der Waals surface area contributed by atoms with Crippen molar-refractivity contribution in [2.45, 2.75) is 26.1 Å². The Morgan fingerprint density at radius 2 is 1.98 bits per heavy atom. The number of anilines is 1. The van der Waals surface area contributed by atoms with E-state index in [1.54, 1.807) is 15.8 Å². The van der Waals surface area contributed by atoms with Crippen LogP contribution in [0.4, 0.5) is 19.0 Å². The van der Waals surface area contributed by atoms with E-state index in [0.717, 1.165) is 35.2 Å². The Morgan fingerprint density at radius 1 is 1.19 bits per heavy atom. The van der Waals surface area contributed by atoms with Gasteiger partial charge in [-0.05, 0) is 37.1 Å². The molecule has 0 unspecified atom stereocenters. The zero-order valence-corrected chi connectivity index (χ0v) is 23.5. The van der Waals surface area contributed by atoms with Crippen molar-refractivity contribution in [1.29, 1.82) is 5.26 Å². The van der Waals surface area contributed by atoms with Gasteiger partial charge in [-0.25, -0.2) is 0 Å². The molecule has 0 radical (unpaired) electrons. The molecule has 1 spiro atoms. The minimum Gasteiger partial charge on any atom is -0.457 e. The van der Waals surface area contributed by atoms with Crippen LogP contribution in [0.25, 0.3) is 22.2 Å². The van der Waals surface area contributed by atoms with E-state index in [0.29, 0.717) is 43.3 Å². The van der Waals surface area contributed by atoms with Gasteiger partial charge in [0, 0.05) is 55.8 Å². The molecule has 5 heterocycles. The number of nitriles is 1. The lowest BCUT2D eigenvalue weighted by Gasteiger charge is -2.47. The summed E-state index contributed by atoms with van der Waals surface area (Å²) in [5.74, 6) is 0.283. The number of hydrogen-bond acceptors (Lipinski definition) is 8. The molecular weight excluding hydrogens is 561 g/mol. The lowest BCUT2D eigenvalue weighted by molar-refractivity contribution is -0.138. The number of alkyl halides is 3. The molecule has 6 rings (SSSR count). The van der Waals surface area contributed by atoms with E-state index >= 15 is 0 Å². The summed E-state index contributed by atoms with van der Waals surface area (Å²) in [6.45, 7) is 7.67. The largest absolute Gasteiger partial charge is 0.457 e. The first-order valence-corrected chi connectivity index (χ1v) is 13.6. The molecule has 4 aromatic rings. The van der Waals surface area contributed by atoms with Crippen LogP contribution in [0.3, 0.4) is 0 Å². The first-order chi connectivity index (χ1) is 20.5. The highest BCUT2D eigenvalue weighted by atomic mass is 19.4. The highest BCUT2D eigenvalue weighted by molar-refractivity contribution is 5.97. The van der Waals surface area contributed by atoms with Crippen LogP contribution in [-0.2, 0) is 24.6 Å². The summed E-state index contributed by atoms with van der Waals surface area (Å²) in [5, 5.41) is 15.7. The lowest BCUT2D eigenvalue weighted by Crippen LogP contribution is -2.59. The summed E-state index contributed by atoms with van der Waals surface area (Å²) in [6, 6.07) is 8.33. The number of ether oxygens (including phenoxy) is 1. The van der Waals surface area contributed by atoms with Gasteiger partial charge in [0.25, 0.3) is 0 Å². The summed E-state index contributed by atoms with van der Waals surface area (Å²) in [5.41, 5.74) is 2.27. The van der Waals surface area contributed by atoms with Crippen LogP contribution >= 0.6 is 0 Å². The van der Waals surface area contributed by atoms with Gasteiger partial charge in [-0.1, -0.05) is 18.7 Å². The van der Waals surface area contributed by atoms with E-state index < -0.39 is 11.7 Å². The van der Waals surface area contributed by atoms with Crippen molar-refractivity contribution in [1.82, 2.24) is 29.6 Å². The summed E-state index contributed by atoms with van der Waals surface area (Å²) in [4.78, 5) is 29.0. The van der Waals surface area contributed by atoms with Gasteiger partial charge in [0.2, 0.25) is 5.91 Å². The van der Waals surface area contributed by atoms with Crippen molar-refractivity contribution in [2.75, 3.05) is 31.1 Å². The topological polar surface area (TPSA) is 113 Å². The molecular formula is C30H27F3N8O2. The average Bonchev–Trinajstić information content (AvgIpc) is 3.59. The number of pyridine rings is 1. The second kappa shape index (κ2) is 10.4. The van der Waals surface area contributed by atoms with E-state index in [-0.39, 0.29) is 35.2 Å². The number of likely N-dealkylation sites (tertiary alicyclic amines) is 1. The maximum Gasteiger partial charge on any atom is 0.417 e. The number of hydrogen-bond donors (Lipinski definition) is 0. The third kappa shape index (κ3) is 5.03. The van der Waals surface area contributed by atoms with Gasteiger partial charge in [0.15, 0.2) is 5.82 Å². The SMILES string of the molecule is C=CC(=O)N1CC2(CCN(c3nc(OCc4ccc(C(F)(F)F)cn4)nc(-c4c(C)ccc5cnn(C)c45)c3C#N)C2)C1. The maximum atomic E-state index is 13.0. The number of aryl methyl sites for hydroxylation is 2. The van der Waals surface area contributed by atoms with Crippen molar-refractivity contribution < 1.29 is 22.7 Å². The van der Waals surface area contributed by atoms with Gasteiger partial charge in [0.1, 0.15) is 18.2 Å². The number of nitrogens with zero attached hydrogens (tertiary/aromatic N) is 8. The molecule has 0 saturated carbocycles. The van der Waals surface area contributed by atoms with Crippen LogP contribution in [0.5, 0.6) is 6.01 Å². The number of aromatic nitrogens is 5. The van der Waals surface area contributed by atoms with Crippen molar-refractivity contribution in [3.05, 3.63) is 71.7 Å². The van der Waals surface area contributed by atoms with Gasteiger partial charge < -0.3 is 14.5 Å². The first kappa shape index (κ1) is 28.1. The molecule has 0 aliphatic carbocycles. The van der Waals surface area contributed by atoms with Crippen LogP contribution in [0.15, 0.2) is 49.3 Å². The van der Waals surface area contributed by atoms with Gasteiger partial charge in [-0.3, -0.25) is 14.5 Å². The number of rotatable bonds is 6. The molecule has 220 valence electrons. The minimum absolute atomic E-state index is 0.0395. The fourth-order valence-electron chi connectivity index (χ4n) is 5.91. The maximum absolute atomic E-state index is 13.0. The molecule has 2 aliphatic rings. The summed E-state index contributed by atoms with van der Waals surface area (Å²) >= 11 is 0. The third-order valence-corrected chi connectivity index (χ3v) is 8.11. The van der Waals surface area contributed by atoms with E-state index in [2.05, 4.69) is 32.7 Å². The van der Waals surface area contributed by atoms with Crippen LogP contribution in [0.2, 0.25) is 0 Å². The van der Waals surface area contributed by atoms with E-state index in [9.17, 15) is 23.2 Å². The van der Waals surface area contributed by atoms with Crippen molar-refractivity contribution >= 4 is 22.6 Å². The summed E-state index contributed by atoms with van der Waals surface area (Å²) < 4.78 is 46.6. The second-order valence-electron chi connectivity index (χ2n) is 11.0. The van der Waals surface area contributed by atoms with Crippen molar-refractivity contribution in [3.8, 4) is 23.3 Å². The average molecular weight is 589 g/mol. The fourth-order valence-corrected chi connectivity index (χ4v) is 5.91. The Hall–Kier alpha value is -4.99. The number of halogens is 3. The molecule has 1 aromatic carbocycles. The monoisotopic (exact) mass is 588 g/mol. The molecule has 2 fully saturated rings. The molecule has 10 nitrogen and oxygen atoms in total. The van der Waals surface area contributed by atoms with Gasteiger partial charge in [-0.2, -0.15) is 33.5 Å². The number of benzene rings is 1. The normalized spacial score (nSPS) is 15.9. The van der Waals surface area contributed by atoms with Crippen LogP contribution < -0.4 is 9.64 Å². The lowest BCUT2D eigenvalue weighted by atomic mass is 9.79. The number of amides is 1. The number of carbonyl (C=O) groups excluding carboxylic acids is 1. The Labute approximate surface area is 245 Å². The number of carbonyl (C=O) groups is 1. The summed E-state index contributed by atoms with van der Waals surface area (Å²) in [6.07, 6.45) is 0.100. The Kier molecular flexibility index (Phi) is 6.79. The first-order valence-electron chi connectivity index (χ1n) is 13.6. The van der Waals surface area contributed by atoms with E-state index in [4.69, 9.17) is 4.74 Å². The Bertz CT molecular complexity index is 1790. The Balaban J connectivity index is 1.40. The molecule has 0 N–H and O–H groups in total. The zero-order chi connectivity index (χ0) is 30.5. The van der Waals surface area contributed by atoms with Gasteiger partial charge in [0.05, 0.1) is 28.7 Å². The van der Waals surface area contributed by atoms with E-state index in [1.807, 2.05) is 31.0 Å². The standard InChI is InChI=1S/C30H27F3N8O2/c1-4-23(42)41-16-29(17-41)9-10-40(15-29)27-22(11-34)25(24-18(2)5-6-19-12-36-39(3)26(19)24)37-28(38-27)43-14-21-8-7-20(13-35-21)30(31,32)33/h4-8,12-13H,1,9-10,14-17H2,2-3H3. The van der Waals surface area contributed by atoms with Crippen molar-refractivity contribution in [2.24, 2.45) is 12.5 Å². The molecule has 2 aliphatic heterocycles. The molecule has 13 heteroatoms. The second-order valence-corrected chi connectivity index (χ2v) is 11.0. The quantitative estimate of drug-likeness (QED) is 0.304. The third-order valence-electron chi connectivity index (χ3n) is 8.11. The molecule has 0 bridgehead atoms. The molecule has 3 aromatic heterocycles. The van der Waals surface area contributed by atoms with E-state index in [1.165, 1.54) is 12.1 Å². The van der Waals surface area contributed by atoms with Crippen LogP contribution in [0, 0.1) is 23.7 Å². The van der Waals surface area contributed by atoms with Crippen LogP contribution in [0.1, 0.15) is 28.8 Å². The molecule has 0 atom stereocenters. The fraction of sp³-hybridized carbons (Fsp3) is 0.333. The van der Waals surface area contributed by atoms with Gasteiger partial charge >= 0.3 is 12.2 Å². The smallest absolute Gasteiger partial charge is 0.417 e. The van der Waals surface area contributed by atoms with Crippen molar-refractivity contribution in [3.63, 3.8) is 0 Å². The van der Waals surface area contributed by atoms with Gasteiger partial charge in [-0.15, -0.1) is 0 Å².